The van der Waals surface area contributed by atoms with Gasteiger partial charge in [0, 0.05) is 35.3 Å². The van der Waals surface area contributed by atoms with Crippen molar-refractivity contribution in [2.75, 3.05) is 13.7 Å². The Kier molecular flexibility index (Phi) is 7.48. The summed E-state index contributed by atoms with van der Waals surface area (Å²) in [4.78, 5) is 16.5. The number of amides is 1. The van der Waals surface area contributed by atoms with Crippen molar-refractivity contribution < 1.29 is 9.53 Å². The van der Waals surface area contributed by atoms with E-state index in [1.807, 2.05) is 18.2 Å². The summed E-state index contributed by atoms with van der Waals surface area (Å²) < 4.78 is 5.02. The van der Waals surface area contributed by atoms with Gasteiger partial charge in [0.1, 0.15) is 0 Å². The second kappa shape index (κ2) is 9.40. The highest BCUT2D eigenvalue weighted by Crippen LogP contribution is 2.39. The number of halogens is 2. The molecule has 0 bridgehead atoms. The fraction of sp³-hybridized carbons (Fsp3) is 0.400. The van der Waals surface area contributed by atoms with Gasteiger partial charge in [-0.3, -0.25) is 4.79 Å². The average molecular weight is 410 g/mol. The average Bonchev–Trinajstić information content (AvgIpc) is 2.69. The Morgan fingerprint density at radius 3 is 2.63 bits per heavy atom. The minimum Gasteiger partial charge on any atom is -0.481 e. The summed E-state index contributed by atoms with van der Waals surface area (Å²) in [5, 5.41) is 3.84. The number of benzene rings is 1. The van der Waals surface area contributed by atoms with E-state index < -0.39 is 0 Å². The van der Waals surface area contributed by atoms with Crippen molar-refractivity contribution in [3.63, 3.8) is 0 Å². The molecule has 0 saturated heterocycles. The summed E-state index contributed by atoms with van der Waals surface area (Å²) in [5.74, 6) is 0.390. The first-order valence-corrected chi connectivity index (χ1v) is 9.21. The number of rotatable bonds is 5. The maximum atomic E-state index is 12.4. The van der Waals surface area contributed by atoms with Gasteiger partial charge in [-0.15, -0.1) is 12.4 Å². The topological polar surface area (TPSA) is 77.2 Å². The molecular formula is C20H25Cl2N3O2. The van der Waals surface area contributed by atoms with E-state index in [2.05, 4.69) is 16.4 Å². The Morgan fingerprint density at radius 1 is 1.33 bits per heavy atom. The molecule has 0 unspecified atom stereocenters. The van der Waals surface area contributed by atoms with Gasteiger partial charge in [0.25, 0.3) is 5.91 Å². The predicted octanol–water partition coefficient (Wildman–Crippen LogP) is 3.73. The summed E-state index contributed by atoms with van der Waals surface area (Å²) in [6.45, 7) is 0.580. The summed E-state index contributed by atoms with van der Waals surface area (Å²) in [5.41, 5.74) is 7.80. The number of hydrogen-bond donors (Lipinski definition) is 2. The molecule has 1 aliphatic carbocycles. The van der Waals surface area contributed by atoms with Crippen LogP contribution in [0.15, 0.2) is 42.6 Å². The van der Waals surface area contributed by atoms with Crippen LogP contribution in [0.3, 0.4) is 0 Å². The zero-order chi connectivity index (χ0) is 18.6. The van der Waals surface area contributed by atoms with Gasteiger partial charge >= 0.3 is 0 Å². The summed E-state index contributed by atoms with van der Waals surface area (Å²) in [6, 6.07) is 11.5. The largest absolute Gasteiger partial charge is 0.481 e. The molecule has 7 heteroatoms. The first-order chi connectivity index (χ1) is 12.6. The van der Waals surface area contributed by atoms with Gasteiger partial charge < -0.3 is 15.8 Å². The van der Waals surface area contributed by atoms with Crippen molar-refractivity contribution in [3.8, 4) is 5.88 Å². The zero-order valence-corrected chi connectivity index (χ0v) is 16.9. The molecule has 27 heavy (non-hydrogen) atoms. The summed E-state index contributed by atoms with van der Waals surface area (Å²) in [6.07, 6.45) is 5.16. The van der Waals surface area contributed by atoms with Crippen LogP contribution in [0.5, 0.6) is 5.88 Å². The number of carbonyl (C=O) groups excluding carboxylic acids is 1. The maximum absolute atomic E-state index is 12.4. The van der Waals surface area contributed by atoms with Gasteiger partial charge in [-0.2, -0.15) is 0 Å². The zero-order valence-electron chi connectivity index (χ0n) is 15.3. The van der Waals surface area contributed by atoms with Gasteiger partial charge in [-0.05, 0) is 49.4 Å². The summed E-state index contributed by atoms with van der Waals surface area (Å²) >= 11 is 6.16. The van der Waals surface area contributed by atoms with Crippen LogP contribution in [0, 0.1) is 0 Å². The van der Waals surface area contributed by atoms with Crippen LogP contribution in [0.4, 0.5) is 0 Å². The second-order valence-corrected chi connectivity index (χ2v) is 7.27. The number of pyridine rings is 1. The molecule has 1 aromatic heterocycles. The SMILES string of the molecule is COc1ccc(C(=O)NC2CCC(CN)(c3cccc(Cl)c3)CC2)cn1.Cl. The predicted molar refractivity (Wildman–Crippen MR) is 110 cm³/mol. The van der Waals surface area contributed by atoms with E-state index in [4.69, 9.17) is 22.1 Å². The highest BCUT2D eigenvalue weighted by molar-refractivity contribution is 6.30. The lowest BCUT2D eigenvalue weighted by Crippen LogP contribution is -2.45. The van der Waals surface area contributed by atoms with Crippen molar-refractivity contribution in [1.29, 1.82) is 0 Å². The number of hydrogen-bond acceptors (Lipinski definition) is 4. The van der Waals surface area contributed by atoms with E-state index in [1.54, 1.807) is 19.2 Å². The van der Waals surface area contributed by atoms with Crippen LogP contribution < -0.4 is 15.8 Å². The molecule has 0 spiro atoms. The van der Waals surface area contributed by atoms with Crippen LogP contribution in [0.2, 0.25) is 5.02 Å². The Hall–Kier alpha value is -1.82. The van der Waals surface area contributed by atoms with Crippen LogP contribution >= 0.6 is 24.0 Å². The van der Waals surface area contributed by atoms with Crippen molar-refractivity contribution in [1.82, 2.24) is 10.3 Å². The van der Waals surface area contributed by atoms with E-state index in [0.29, 0.717) is 18.0 Å². The lowest BCUT2D eigenvalue weighted by atomic mass is 9.68. The lowest BCUT2D eigenvalue weighted by molar-refractivity contribution is 0.0917. The third kappa shape index (κ3) is 4.92. The van der Waals surface area contributed by atoms with Crippen molar-refractivity contribution in [2.45, 2.75) is 37.1 Å². The van der Waals surface area contributed by atoms with Gasteiger partial charge in [0.2, 0.25) is 5.88 Å². The highest BCUT2D eigenvalue weighted by Gasteiger charge is 2.36. The fourth-order valence-corrected chi connectivity index (χ4v) is 3.84. The normalized spacial score (nSPS) is 21.8. The molecule has 0 aliphatic heterocycles. The van der Waals surface area contributed by atoms with Gasteiger partial charge in [0.15, 0.2) is 0 Å². The number of carbonyl (C=O) groups is 1. The van der Waals surface area contributed by atoms with E-state index in [-0.39, 0.29) is 29.8 Å². The van der Waals surface area contributed by atoms with Crippen LogP contribution in [-0.2, 0) is 5.41 Å². The summed E-state index contributed by atoms with van der Waals surface area (Å²) in [7, 11) is 1.55. The lowest BCUT2D eigenvalue weighted by Gasteiger charge is -2.40. The third-order valence-corrected chi connectivity index (χ3v) is 5.55. The molecule has 1 heterocycles. The molecule has 5 nitrogen and oxygen atoms in total. The Labute approximate surface area is 171 Å². The van der Waals surface area contributed by atoms with E-state index in [0.717, 1.165) is 30.7 Å². The minimum atomic E-state index is -0.104. The minimum absolute atomic E-state index is 0. The highest BCUT2D eigenvalue weighted by atomic mass is 35.5. The first-order valence-electron chi connectivity index (χ1n) is 8.83. The molecule has 3 N–H and O–H groups in total. The van der Waals surface area contributed by atoms with E-state index >= 15 is 0 Å². The maximum Gasteiger partial charge on any atom is 0.253 e. The van der Waals surface area contributed by atoms with Gasteiger partial charge in [-0.25, -0.2) is 4.98 Å². The van der Waals surface area contributed by atoms with Gasteiger partial charge in [-0.1, -0.05) is 23.7 Å². The first kappa shape index (κ1) is 21.5. The Balaban J connectivity index is 0.00000261. The molecule has 2 aromatic rings. The molecule has 1 fully saturated rings. The monoisotopic (exact) mass is 409 g/mol. The molecule has 1 aromatic carbocycles. The number of ether oxygens (including phenoxy) is 1. The molecule has 0 atom stereocenters. The van der Waals surface area contributed by atoms with Crippen LogP contribution in [-0.4, -0.2) is 30.6 Å². The third-order valence-electron chi connectivity index (χ3n) is 5.31. The molecular weight excluding hydrogens is 385 g/mol. The van der Waals surface area contributed by atoms with Crippen molar-refractivity contribution in [3.05, 3.63) is 58.7 Å². The Morgan fingerprint density at radius 2 is 2.07 bits per heavy atom. The quantitative estimate of drug-likeness (QED) is 0.788. The number of nitrogens with zero attached hydrogens (tertiary/aromatic N) is 1. The van der Waals surface area contributed by atoms with E-state index in [1.165, 1.54) is 11.8 Å². The number of nitrogens with one attached hydrogen (secondary N) is 1. The number of nitrogens with two attached hydrogens (primary N) is 1. The molecule has 1 amide bonds. The standard InChI is InChI=1S/C20H24ClN3O2.ClH/c1-26-18-6-5-14(12-23-18)19(25)24-17-7-9-20(13-22,10-8-17)15-3-2-4-16(21)11-15;/h2-6,11-12,17H,7-10,13,22H2,1H3,(H,24,25);1H. The van der Waals surface area contributed by atoms with Crippen LogP contribution in [0.1, 0.15) is 41.6 Å². The number of aromatic nitrogens is 1. The van der Waals surface area contributed by atoms with Crippen molar-refractivity contribution in [2.24, 2.45) is 5.73 Å². The number of methoxy groups -OCH3 is 1. The fourth-order valence-electron chi connectivity index (χ4n) is 3.65. The van der Waals surface area contributed by atoms with Crippen LogP contribution in [0.25, 0.3) is 0 Å². The molecule has 146 valence electrons. The van der Waals surface area contributed by atoms with E-state index in [9.17, 15) is 4.79 Å². The molecule has 3 rings (SSSR count). The molecule has 1 saturated carbocycles. The smallest absolute Gasteiger partial charge is 0.253 e. The van der Waals surface area contributed by atoms with Crippen molar-refractivity contribution >= 4 is 29.9 Å². The molecule has 1 aliphatic rings. The second-order valence-electron chi connectivity index (χ2n) is 6.83. The molecule has 0 radical (unpaired) electrons. The van der Waals surface area contributed by atoms with Gasteiger partial charge in [0.05, 0.1) is 12.7 Å². The Bertz CT molecular complexity index is 760.